The highest BCUT2D eigenvalue weighted by Gasteiger charge is 2.34. The fourth-order valence-corrected chi connectivity index (χ4v) is 5.41. The van der Waals surface area contributed by atoms with Gasteiger partial charge in [0.25, 0.3) is 0 Å². The molecule has 1 aromatic heterocycles. The van der Waals surface area contributed by atoms with Crippen LogP contribution in [0.2, 0.25) is 0 Å². The largest absolute Gasteiger partial charge is 0.361 e. The lowest BCUT2D eigenvalue weighted by atomic mass is 9.99. The van der Waals surface area contributed by atoms with Crippen molar-refractivity contribution in [3.05, 3.63) is 77.0 Å². The van der Waals surface area contributed by atoms with Crippen LogP contribution in [-0.2, 0) is 16.4 Å². The molecule has 0 saturated heterocycles. The molecule has 0 bridgehead atoms. The Morgan fingerprint density at radius 1 is 1.15 bits per heavy atom. The van der Waals surface area contributed by atoms with E-state index in [1.165, 1.54) is 5.56 Å². The van der Waals surface area contributed by atoms with E-state index in [0.29, 0.717) is 17.9 Å². The number of aromatic nitrogens is 1. The summed E-state index contributed by atoms with van der Waals surface area (Å²) in [6.07, 6.45) is 4.76. The maximum absolute atomic E-state index is 13.5. The fourth-order valence-electron chi connectivity index (χ4n) is 3.86. The third kappa shape index (κ3) is 3.11. The first-order valence-corrected chi connectivity index (χ1v) is 10.6. The van der Waals surface area contributed by atoms with E-state index in [0.717, 1.165) is 27.6 Å². The van der Waals surface area contributed by atoms with Crippen molar-refractivity contribution >= 4 is 20.9 Å². The van der Waals surface area contributed by atoms with Gasteiger partial charge in [0, 0.05) is 23.6 Å². The first-order valence-electron chi connectivity index (χ1n) is 9.20. The summed E-state index contributed by atoms with van der Waals surface area (Å²) < 4.78 is 28.7. The summed E-state index contributed by atoms with van der Waals surface area (Å²) in [5.41, 5.74) is 5.42. The Kier molecular flexibility index (Phi) is 4.44. The molecule has 0 fully saturated rings. The van der Waals surface area contributed by atoms with Gasteiger partial charge in [-0.25, -0.2) is 8.42 Å². The number of nitrogens with zero attached hydrogens (tertiary/aromatic N) is 1. The molecule has 1 N–H and O–H groups in total. The Labute approximate surface area is 160 Å². The van der Waals surface area contributed by atoms with E-state index in [-0.39, 0.29) is 6.04 Å². The standard InChI is InChI=1S/C22H24N2O2S/c1-15(2)13-21-19-5-4-6-20-22(19)17(14-23-20)11-12-24(21)27(25,26)18-9-7-16(3)8-10-18/h4-10,13-14,21,23H,11-12H2,1-3H3. The molecule has 0 aliphatic carbocycles. The van der Waals surface area contributed by atoms with Crippen LogP contribution in [0.5, 0.6) is 0 Å². The number of hydrogen-bond donors (Lipinski definition) is 1. The Morgan fingerprint density at radius 3 is 2.59 bits per heavy atom. The number of nitrogens with one attached hydrogen (secondary N) is 1. The molecule has 1 aliphatic rings. The Balaban J connectivity index is 1.91. The van der Waals surface area contributed by atoms with E-state index in [1.54, 1.807) is 16.4 Å². The molecule has 4 rings (SSSR count). The highest BCUT2D eigenvalue weighted by Crippen LogP contribution is 2.38. The van der Waals surface area contributed by atoms with Gasteiger partial charge in [-0.05, 0) is 56.5 Å². The van der Waals surface area contributed by atoms with Crippen molar-refractivity contribution < 1.29 is 8.42 Å². The van der Waals surface area contributed by atoms with Gasteiger partial charge < -0.3 is 4.98 Å². The number of benzene rings is 2. The van der Waals surface area contributed by atoms with Gasteiger partial charge in [-0.2, -0.15) is 4.31 Å². The van der Waals surface area contributed by atoms with E-state index < -0.39 is 10.0 Å². The topological polar surface area (TPSA) is 53.2 Å². The molecule has 0 amide bonds. The Morgan fingerprint density at radius 2 is 1.89 bits per heavy atom. The van der Waals surface area contributed by atoms with Crippen LogP contribution in [0.3, 0.4) is 0 Å². The number of H-pyrrole nitrogens is 1. The second-order valence-electron chi connectivity index (χ2n) is 7.45. The van der Waals surface area contributed by atoms with Gasteiger partial charge in [-0.1, -0.05) is 41.5 Å². The van der Waals surface area contributed by atoms with Crippen molar-refractivity contribution in [2.45, 2.75) is 38.1 Å². The van der Waals surface area contributed by atoms with Crippen LogP contribution in [0.15, 0.2) is 65.2 Å². The van der Waals surface area contributed by atoms with Gasteiger partial charge >= 0.3 is 0 Å². The molecule has 0 spiro atoms. The van der Waals surface area contributed by atoms with Gasteiger partial charge in [0.2, 0.25) is 10.0 Å². The smallest absolute Gasteiger partial charge is 0.243 e. The van der Waals surface area contributed by atoms with Gasteiger partial charge in [0.15, 0.2) is 0 Å². The summed E-state index contributed by atoms with van der Waals surface area (Å²) in [4.78, 5) is 3.67. The lowest BCUT2D eigenvalue weighted by Gasteiger charge is -2.28. The van der Waals surface area contributed by atoms with Crippen molar-refractivity contribution in [1.82, 2.24) is 9.29 Å². The zero-order chi connectivity index (χ0) is 19.2. The Hall–Kier alpha value is -2.37. The van der Waals surface area contributed by atoms with Crippen LogP contribution in [0.25, 0.3) is 10.9 Å². The van der Waals surface area contributed by atoms with Crippen molar-refractivity contribution in [2.24, 2.45) is 0 Å². The van der Waals surface area contributed by atoms with Gasteiger partial charge in [-0.3, -0.25) is 0 Å². The fraction of sp³-hybridized carbons (Fsp3) is 0.273. The van der Waals surface area contributed by atoms with Crippen molar-refractivity contribution in [3.63, 3.8) is 0 Å². The first-order chi connectivity index (χ1) is 12.9. The average Bonchev–Trinajstić information content (AvgIpc) is 2.96. The number of sulfonamides is 1. The SMILES string of the molecule is CC(C)=CC1c2cccc3[nH]cc(c23)CCN1S(=O)(=O)c1ccc(C)cc1. The highest BCUT2D eigenvalue weighted by atomic mass is 32.2. The number of rotatable bonds is 3. The third-order valence-electron chi connectivity index (χ3n) is 5.17. The minimum atomic E-state index is -3.61. The number of aromatic amines is 1. The first kappa shape index (κ1) is 18.0. The monoisotopic (exact) mass is 380 g/mol. The molecule has 1 aliphatic heterocycles. The van der Waals surface area contributed by atoms with Crippen LogP contribution in [-0.4, -0.2) is 24.3 Å². The molecule has 27 heavy (non-hydrogen) atoms. The van der Waals surface area contributed by atoms with Crippen LogP contribution in [0, 0.1) is 6.92 Å². The quantitative estimate of drug-likeness (QED) is 0.668. The molecule has 5 heteroatoms. The van der Waals surface area contributed by atoms with E-state index in [1.807, 2.05) is 57.3 Å². The lowest BCUT2D eigenvalue weighted by molar-refractivity contribution is 0.375. The molecule has 1 unspecified atom stereocenters. The molecular formula is C22H24N2O2S. The minimum Gasteiger partial charge on any atom is -0.361 e. The minimum absolute atomic E-state index is 0.318. The van der Waals surface area contributed by atoms with Gasteiger partial charge in [0.05, 0.1) is 10.9 Å². The molecule has 140 valence electrons. The zero-order valence-corrected chi connectivity index (χ0v) is 16.7. The second-order valence-corrected chi connectivity index (χ2v) is 9.34. The van der Waals surface area contributed by atoms with Gasteiger partial charge in [0.1, 0.15) is 0 Å². The third-order valence-corrected chi connectivity index (χ3v) is 7.06. The summed E-state index contributed by atoms with van der Waals surface area (Å²) in [5.74, 6) is 0. The van der Waals surface area contributed by atoms with E-state index >= 15 is 0 Å². The summed E-state index contributed by atoms with van der Waals surface area (Å²) >= 11 is 0. The summed E-state index contributed by atoms with van der Waals surface area (Å²) in [6.45, 7) is 6.44. The summed E-state index contributed by atoms with van der Waals surface area (Å²) in [6, 6.07) is 12.9. The van der Waals surface area contributed by atoms with E-state index in [9.17, 15) is 8.42 Å². The van der Waals surface area contributed by atoms with Crippen molar-refractivity contribution in [2.75, 3.05) is 6.54 Å². The molecule has 2 heterocycles. The van der Waals surface area contributed by atoms with Crippen molar-refractivity contribution in [3.8, 4) is 0 Å². The predicted octanol–water partition coefficient (Wildman–Crippen LogP) is 4.73. The normalized spacial score (nSPS) is 17.7. The molecule has 1 atom stereocenters. The molecular weight excluding hydrogens is 356 g/mol. The summed E-state index contributed by atoms with van der Waals surface area (Å²) in [7, 11) is -3.61. The maximum Gasteiger partial charge on any atom is 0.243 e. The molecule has 2 aromatic carbocycles. The van der Waals surface area contributed by atoms with Gasteiger partial charge in [-0.15, -0.1) is 0 Å². The molecule has 0 saturated carbocycles. The molecule has 0 radical (unpaired) electrons. The predicted molar refractivity (Wildman–Crippen MR) is 109 cm³/mol. The van der Waals surface area contributed by atoms with Crippen LogP contribution in [0.1, 0.15) is 36.6 Å². The zero-order valence-electron chi connectivity index (χ0n) is 15.9. The van der Waals surface area contributed by atoms with Crippen LogP contribution in [0.4, 0.5) is 0 Å². The number of hydrogen-bond acceptors (Lipinski definition) is 2. The van der Waals surface area contributed by atoms with E-state index in [2.05, 4.69) is 11.1 Å². The average molecular weight is 381 g/mol. The maximum atomic E-state index is 13.5. The van der Waals surface area contributed by atoms with Crippen molar-refractivity contribution in [1.29, 1.82) is 0 Å². The van der Waals surface area contributed by atoms with Crippen LogP contribution >= 0.6 is 0 Å². The second kappa shape index (κ2) is 6.66. The van der Waals surface area contributed by atoms with Crippen LogP contribution < -0.4 is 0 Å². The van der Waals surface area contributed by atoms with E-state index in [4.69, 9.17) is 0 Å². The highest BCUT2D eigenvalue weighted by molar-refractivity contribution is 7.89. The molecule has 3 aromatic rings. The lowest BCUT2D eigenvalue weighted by Crippen LogP contribution is -2.35. The Bertz CT molecular complexity index is 1120. The summed E-state index contributed by atoms with van der Waals surface area (Å²) in [5, 5.41) is 1.15. The molecule has 4 nitrogen and oxygen atoms in total. The number of aryl methyl sites for hydroxylation is 1. The number of allylic oxidation sites excluding steroid dienone is 1.